The first kappa shape index (κ1) is 30.6. The van der Waals surface area contributed by atoms with E-state index in [1.165, 1.54) is 12.0 Å². The van der Waals surface area contributed by atoms with Gasteiger partial charge in [-0.15, -0.1) is 0 Å². The molecule has 1 aliphatic heterocycles. The molecule has 1 aliphatic rings. The molecule has 2 aromatic rings. The molecule has 1 fully saturated rings. The number of nitrogens with one attached hydrogen (secondary N) is 2. The average Bonchev–Trinajstić information content (AvgIpc) is 2.93. The molecule has 0 bridgehead atoms. The summed E-state index contributed by atoms with van der Waals surface area (Å²) >= 11 is 8.94. The Labute approximate surface area is 243 Å². The fourth-order valence-electron chi connectivity index (χ4n) is 4.20. The van der Waals surface area contributed by atoms with Gasteiger partial charge in [-0.05, 0) is 71.2 Å². The molecule has 2 amide bonds. The number of unbranched alkanes of at least 4 members (excludes halogenated alkanes) is 3. The molecule has 8 nitrogen and oxygen atoms in total. The molecule has 0 aliphatic carbocycles. The van der Waals surface area contributed by atoms with Gasteiger partial charge in [0, 0.05) is 18.7 Å². The Hall–Kier alpha value is -2.98. The Bertz CT molecular complexity index is 1130. The number of esters is 1. The fourth-order valence-corrected chi connectivity index (χ4v) is 5.00. The number of carbonyl (C=O) groups excluding carboxylic acids is 3. The van der Waals surface area contributed by atoms with Crippen molar-refractivity contribution >= 4 is 51.0 Å². The Balaban J connectivity index is 1.50. The molecule has 0 spiro atoms. The van der Waals surface area contributed by atoms with Crippen molar-refractivity contribution in [2.75, 3.05) is 26.3 Å². The van der Waals surface area contributed by atoms with Crippen molar-refractivity contribution in [3.05, 3.63) is 64.1 Å². The number of amides is 2. The van der Waals surface area contributed by atoms with Crippen molar-refractivity contribution < 1.29 is 23.9 Å². The van der Waals surface area contributed by atoms with Crippen LogP contribution < -0.4 is 15.4 Å². The van der Waals surface area contributed by atoms with E-state index in [0.29, 0.717) is 41.9 Å². The number of halogens is 1. The molecule has 1 heterocycles. The third-order valence-corrected chi connectivity index (χ3v) is 7.29. The Morgan fingerprint density at radius 1 is 1.10 bits per heavy atom. The van der Waals surface area contributed by atoms with Gasteiger partial charge in [0.05, 0.1) is 24.1 Å². The fraction of sp³-hybridized carbons (Fsp3) is 0.448. The lowest BCUT2D eigenvalue weighted by Gasteiger charge is -2.36. The molecule has 2 aromatic carbocycles. The summed E-state index contributed by atoms with van der Waals surface area (Å²) in [6.07, 6.45) is 5.75. The molecule has 0 saturated carbocycles. The van der Waals surface area contributed by atoms with E-state index in [4.69, 9.17) is 21.7 Å². The van der Waals surface area contributed by atoms with Gasteiger partial charge in [-0.3, -0.25) is 19.7 Å². The topological polar surface area (TPSA) is 97.0 Å². The van der Waals surface area contributed by atoms with Crippen molar-refractivity contribution in [2.24, 2.45) is 0 Å². The summed E-state index contributed by atoms with van der Waals surface area (Å²) in [5.74, 6) is -0.565. The predicted molar refractivity (Wildman–Crippen MR) is 158 cm³/mol. The third-order valence-electron chi connectivity index (χ3n) is 6.34. The van der Waals surface area contributed by atoms with E-state index in [9.17, 15) is 14.4 Å². The third kappa shape index (κ3) is 9.93. The maximum Gasteiger partial charge on any atom is 0.308 e. The molecular formula is C29H36BrN3O5S. The molecular weight excluding hydrogens is 582 g/mol. The molecule has 3 rings (SSSR count). The highest BCUT2D eigenvalue weighted by Gasteiger charge is 2.34. The number of benzene rings is 2. The highest BCUT2D eigenvalue weighted by atomic mass is 79.9. The van der Waals surface area contributed by atoms with E-state index < -0.39 is 17.9 Å². The first-order valence-electron chi connectivity index (χ1n) is 13.4. The molecule has 10 heteroatoms. The SMILES string of the molecule is CCCCCCOc1ccc(C(=O)NC(=S)N2CCNC(=O)C2CC(=O)OCCCc2ccccc2)cc1Br. The Kier molecular flexibility index (Phi) is 12.7. The first-order chi connectivity index (χ1) is 18.9. The lowest BCUT2D eigenvalue weighted by atomic mass is 10.1. The van der Waals surface area contributed by atoms with Crippen LogP contribution in [0.1, 0.15) is 61.4 Å². The Morgan fingerprint density at radius 2 is 1.90 bits per heavy atom. The largest absolute Gasteiger partial charge is 0.492 e. The van der Waals surface area contributed by atoms with Gasteiger partial charge in [0.15, 0.2) is 5.11 Å². The summed E-state index contributed by atoms with van der Waals surface area (Å²) in [5.41, 5.74) is 1.56. The van der Waals surface area contributed by atoms with Crippen molar-refractivity contribution in [1.82, 2.24) is 15.5 Å². The van der Waals surface area contributed by atoms with Crippen LogP contribution in [-0.4, -0.2) is 60.1 Å². The van der Waals surface area contributed by atoms with E-state index in [1.54, 1.807) is 23.1 Å². The number of hydrogen-bond donors (Lipinski definition) is 2. The van der Waals surface area contributed by atoms with E-state index >= 15 is 0 Å². The quantitative estimate of drug-likeness (QED) is 0.189. The van der Waals surface area contributed by atoms with Crippen LogP contribution in [0.25, 0.3) is 0 Å². The van der Waals surface area contributed by atoms with Crippen LogP contribution in [0.4, 0.5) is 0 Å². The number of thiocarbonyl (C=S) groups is 1. The molecule has 210 valence electrons. The standard InChI is InChI=1S/C29H36BrN3O5S/c1-2-3-4-8-17-37-25-14-13-22(19-23(25)30)27(35)32-29(39)33-16-15-31-28(36)24(33)20-26(34)38-18-9-12-21-10-6-5-7-11-21/h5-7,10-11,13-14,19,24H,2-4,8-9,12,15-18,20H2,1H3,(H,31,36)(H,32,35,39). The van der Waals surface area contributed by atoms with Crippen molar-refractivity contribution in [3.63, 3.8) is 0 Å². The van der Waals surface area contributed by atoms with Crippen molar-refractivity contribution in [1.29, 1.82) is 0 Å². The minimum atomic E-state index is -0.858. The van der Waals surface area contributed by atoms with Gasteiger partial charge in [-0.25, -0.2) is 0 Å². The van der Waals surface area contributed by atoms with Crippen LogP contribution in [0.5, 0.6) is 5.75 Å². The number of rotatable bonds is 13. The zero-order chi connectivity index (χ0) is 28.0. The lowest BCUT2D eigenvalue weighted by molar-refractivity contribution is -0.147. The van der Waals surface area contributed by atoms with Crippen LogP contribution in [-0.2, 0) is 20.7 Å². The monoisotopic (exact) mass is 617 g/mol. The molecule has 2 N–H and O–H groups in total. The molecule has 0 aromatic heterocycles. The highest BCUT2D eigenvalue weighted by molar-refractivity contribution is 9.10. The number of aryl methyl sites for hydroxylation is 1. The highest BCUT2D eigenvalue weighted by Crippen LogP contribution is 2.26. The van der Waals surface area contributed by atoms with E-state index in [-0.39, 0.29) is 24.0 Å². The second-order valence-electron chi connectivity index (χ2n) is 9.33. The summed E-state index contributed by atoms with van der Waals surface area (Å²) in [6, 6.07) is 14.2. The summed E-state index contributed by atoms with van der Waals surface area (Å²) in [7, 11) is 0. The number of piperazine rings is 1. The van der Waals surface area contributed by atoms with Crippen LogP contribution >= 0.6 is 28.1 Å². The molecule has 1 unspecified atom stereocenters. The van der Waals surface area contributed by atoms with Gasteiger partial charge in [-0.2, -0.15) is 0 Å². The maximum atomic E-state index is 12.9. The van der Waals surface area contributed by atoms with E-state index in [1.807, 2.05) is 30.3 Å². The summed E-state index contributed by atoms with van der Waals surface area (Å²) < 4.78 is 11.9. The minimum absolute atomic E-state index is 0.0871. The van der Waals surface area contributed by atoms with E-state index in [2.05, 4.69) is 33.5 Å². The smallest absolute Gasteiger partial charge is 0.308 e. The second-order valence-corrected chi connectivity index (χ2v) is 10.6. The first-order valence-corrected chi connectivity index (χ1v) is 14.6. The average molecular weight is 619 g/mol. The van der Waals surface area contributed by atoms with Crippen molar-refractivity contribution in [2.45, 2.75) is 57.9 Å². The van der Waals surface area contributed by atoms with Crippen LogP contribution in [0.3, 0.4) is 0 Å². The lowest BCUT2D eigenvalue weighted by Crippen LogP contribution is -2.60. The second kappa shape index (κ2) is 16.2. The van der Waals surface area contributed by atoms with Gasteiger partial charge in [-0.1, -0.05) is 56.5 Å². The maximum absolute atomic E-state index is 12.9. The summed E-state index contributed by atoms with van der Waals surface area (Å²) in [6.45, 7) is 3.76. The summed E-state index contributed by atoms with van der Waals surface area (Å²) in [4.78, 5) is 39.6. The summed E-state index contributed by atoms with van der Waals surface area (Å²) in [5, 5.41) is 5.54. The van der Waals surface area contributed by atoms with Gasteiger partial charge in [0.1, 0.15) is 11.8 Å². The molecule has 0 radical (unpaired) electrons. The molecule has 39 heavy (non-hydrogen) atoms. The number of nitrogens with zero attached hydrogens (tertiary/aromatic N) is 1. The normalized spacial score (nSPS) is 14.9. The van der Waals surface area contributed by atoms with Gasteiger partial charge < -0.3 is 19.7 Å². The van der Waals surface area contributed by atoms with Crippen LogP contribution in [0.15, 0.2) is 53.0 Å². The predicted octanol–water partition coefficient (Wildman–Crippen LogP) is 4.79. The van der Waals surface area contributed by atoms with Crippen LogP contribution in [0.2, 0.25) is 0 Å². The minimum Gasteiger partial charge on any atom is -0.492 e. The zero-order valence-corrected chi connectivity index (χ0v) is 24.7. The van der Waals surface area contributed by atoms with Gasteiger partial charge in [0.2, 0.25) is 5.91 Å². The number of hydrogen-bond acceptors (Lipinski definition) is 6. The molecule has 1 saturated heterocycles. The zero-order valence-electron chi connectivity index (χ0n) is 22.2. The van der Waals surface area contributed by atoms with Gasteiger partial charge in [0.25, 0.3) is 5.91 Å². The number of carbonyl (C=O) groups is 3. The van der Waals surface area contributed by atoms with Crippen LogP contribution in [0, 0.1) is 0 Å². The van der Waals surface area contributed by atoms with Gasteiger partial charge >= 0.3 is 5.97 Å². The number of ether oxygens (including phenoxy) is 2. The van der Waals surface area contributed by atoms with Crippen molar-refractivity contribution in [3.8, 4) is 5.75 Å². The molecule has 1 atom stereocenters. The Morgan fingerprint density at radius 3 is 2.64 bits per heavy atom. The van der Waals surface area contributed by atoms with E-state index in [0.717, 1.165) is 25.7 Å².